The summed E-state index contributed by atoms with van der Waals surface area (Å²) in [5.41, 5.74) is 0.101. The Kier molecular flexibility index (Phi) is 5.46. The van der Waals surface area contributed by atoms with Gasteiger partial charge in [0.25, 0.3) is 0 Å². The van der Waals surface area contributed by atoms with Crippen molar-refractivity contribution in [3.05, 3.63) is 44.7 Å². The molecule has 5 nitrogen and oxygen atoms in total. The highest BCUT2D eigenvalue weighted by Crippen LogP contribution is 2.23. The van der Waals surface area contributed by atoms with E-state index in [0.29, 0.717) is 6.42 Å². The van der Waals surface area contributed by atoms with E-state index in [1.54, 1.807) is 11.3 Å². The first-order chi connectivity index (χ1) is 10.0. The van der Waals surface area contributed by atoms with Crippen molar-refractivity contribution in [1.29, 1.82) is 0 Å². The summed E-state index contributed by atoms with van der Waals surface area (Å²) in [7, 11) is 0. The molecule has 0 bridgehead atoms. The van der Waals surface area contributed by atoms with Crippen molar-refractivity contribution in [2.45, 2.75) is 19.3 Å². The highest BCUT2D eigenvalue weighted by Gasteiger charge is 2.07. The summed E-state index contributed by atoms with van der Waals surface area (Å²) in [5.74, 6) is -0.949. The summed E-state index contributed by atoms with van der Waals surface area (Å²) >= 11 is 5.05. The Hall–Kier alpha value is -1.73. The van der Waals surface area contributed by atoms with E-state index in [1.807, 2.05) is 12.1 Å². The molecular weight excluding hydrogens is 356 g/mol. The van der Waals surface area contributed by atoms with E-state index < -0.39 is 5.97 Å². The number of carbonyl (C=O) groups is 2. The van der Waals surface area contributed by atoms with Gasteiger partial charge in [0.1, 0.15) is 5.82 Å². The molecule has 0 aliphatic rings. The summed E-state index contributed by atoms with van der Waals surface area (Å²) < 4.78 is 1.08. The maximum absolute atomic E-state index is 11.8. The minimum Gasteiger partial charge on any atom is -0.478 e. The number of thiophene rings is 1. The fourth-order valence-corrected chi connectivity index (χ4v) is 3.27. The van der Waals surface area contributed by atoms with Crippen molar-refractivity contribution in [2.24, 2.45) is 0 Å². The van der Waals surface area contributed by atoms with Crippen molar-refractivity contribution >= 4 is 45.0 Å². The van der Waals surface area contributed by atoms with Crippen molar-refractivity contribution in [1.82, 2.24) is 4.98 Å². The highest BCUT2D eigenvalue weighted by atomic mass is 79.9. The van der Waals surface area contributed by atoms with Gasteiger partial charge in [0.05, 0.1) is 9.35 Å². The second-order valence-electron chi connectivity index (χ2n) is 4.34. The van der Waals surface area contributed by atoms with Crippen LogP contribution >= 0.6 is 27.3 Å². The number of hydrogen-bond acceptors (Lipinski definition) is 4. The monoisotopic (exact) mass is 368 g/mol. The van der Waals surface area contributed by atoms with Gasteiger partial charge in [0.2, 0.25) is 5.91 Å². The third-order valence-corrected chi connectivity index (χ3v) is 4.41. The van der Waals surface area contributed by atoms with Crippen LogP contribution in [0.15, 0.2) is 34.2 Å². The van der Waals surface area contributed by atoms with Crippen LogP contribution in [-0.2, 0) is 11.2 Å². The van der Waals surface area contributed by atoms with Crippen LogP contribution in [0.4, 0.5) is 5.82 Å². The van der Waals surface area contributed by atoms with Gasteiger partial charge in [-0.05, 0) is 53.0 Å². The van der Waals surface area contributed by atoms with Gasteiger partial charge in [0, 0.05) is 17.5 Å². The second kappa shape index (κ2) is 7.33. The van der Waals surface area contributed by atoms with E-state index >= 15 is 0 Å². The molecule has 0 aliphatic carbocycles. The van der Waals surface area contributed by atoms with Crippen LogP contribution in [0.2, 0.25) is 0 Å². The maximum atomic E-state index is 11.8. The van der Waals surface area contributed by atoms with E-state index in [0.717, 1.165) is 16.6 Å². The lowest BCUT2D eigenvalue weighted by atomic mass is 10.2. The Morgan fingerprint density at radius 2 is 2.14 bits per heavy atom. The standard InChI is InChI=1S/C14H13BrN2O3S/c15-11-5-4-10(21-11)2-1-3-13(18)17-12-8-9(14(19)20)6-7-16-12/h4-8H,1-3H2,(H,19,20)(H,16,17,18). The zero-order valence-corrected chi connectivity index (χ0v) is 13.4. The number of carbonyl (C=O) groups excluding carboxylic acids is 1. The molecule has 110 valence electrons. The van der Waals surface area contributed by atoms with Crippen LogP contribution < -0.4 is 5.32 Å². The van der Waals surface area contributed by atoms with Crippen LogP contribution in [0, 0.1) is 0 Å². The topological polar surface area (TPSA) is 79.3 Å². The van der Waals surface area contributed by atoms with Crippen molar-refractivity contribution in [2.75, 3.05) is 5.32 Å². The number of hydrogen-bond donors (Lipinski definition) is 2. The van der Waals surface area contributed by atoms with Gasteiger partial charge >= 0.3 is 5.97 Å². The zero-order valence-electron chi connectivity index (χ0n) is 11.0. The van der Waals surface area contributed by atoms with Crippen molar-refractivity contribution in [3.8, 4) is 0 Å². The Morgan fingerprint density at radius 1 is 1.33 bits per heavy atom. The smallest absolute Gasteiger partial charge is 0.335 e. The summed E-state index contributed by atoms with van der Waals surface area (Å²) in [6, 6.07) is 6.75. The van der Waals surface area contributed by atoms with Gasteiger partial charge in [-0.1, -0.05) is 0 Å². The number of aromatic nitrogens is 1. The fourth-order valence-electron chi connectivity index (χ4n) is 1.75. The molecule has 0 atom stereocenters. The molecule has 2 aromatic rings. The number of nitrogens with zero attached hydrogens (tertiary/aromatic N) is 1. The minimum atomic E-state index is -1.05. The first-order valence-electron chi connectivity index (χ1n) is 6.28. The molecule has 0 unspecified atom stereocenters. The van der Waals surface area contributed by atoms with Crippen LogP contribution in [-0.4, -0.2) is 22.0 Å². The first kappa shape index (κ1) is 15.7. The molecule has 0 spiro atoms. The normalized spacial score (nSPS) is 10.3. The largest absolute Gasteiger partial charge is 0.478 e. The molecule has 7 heteroatoms. The number of anilines is 1. The molecule has 2 heterocycles. The number of nitrogens with one attached hydrogen (secondary N) is 1. The number of carboxylic acids is 1. The molecule has 0 saturated carbocycles. The van der Waals surface area contributed by atoms with Gasteiger partial charge in [-0.15, -0.1) is 11.3 Å². The average Bonchev–Trinajstić information content (AvgIpc) is 2.84. The number of halogens is 1. The van der Waals surface area contributed by atoms with Gasteiger partial charge in [-0.25, -0.2) is 9.78 Å². The predicted molar refractivity (Wildman–Crippen MR) is 84.8 cm³/mol. The lowest BCUT2D eigenvalue weighted by Crippen LogP contribution is -2.13. The Morgan fingerprint density at radius 3 is 2.81 bits per heavy atom. The average molecular weight is 369 g/mol. The number of aromatic carboxylic acids is 1. The number of amides is 1. The maximum Gasteiger partial charge on any atom is 0.335 e. The second-order valence-corrected chi connectivity index (χ2v) is 6.89. The van der Waals surface area contributed by atoms with E-state index in [1.165, 1.54) is 23.2 Å². The minimum absolute atomic E-state index is 0.101. The van der Waals surface area contributed by atoms with Gasteiger partial charge < -0.3 is 10.4 Å². The van der Waals surface area contributed by atoms with E-state index in [9.17, 15) is 9.59 Å². The van der Waals surface area contributed by atoms with E-state index in [4.69, 9.17) is 5.11 Å². The van der Waals surface area contributed by atoms with Crippen molar-refractivity contribution < 1.29 is 14.7 Å². The fraction of sp³-hybridized carbons (Fsp3) is 0.214. The molecule has 0 saturated heterocycles. The molecule has 0 aliphatic heterocycles. The van der Waals surface area contributed by atoms with Gasteiger partial charge in [-0.3, -0.25) is 4.79 Å². The number of rotatable bonds is 6. The van der Waals surface area contributed by atoms with Crippen LogP contribution in [0.3, 0.4) is 0 Å². The number of carboxylic acid groups (broad SMARTS) is 1. The molecular formula is C14H13BrN2O3S. The van der Waals surface area contributed by atoms with Gasteiger partial charge in [0.15, 0.2) is 0 Å². The summed E-state index contributed by atoms with van der Waals surface area (Å²) in [5, 5.41) is 11.5. The highest BCUT2D eigenvalue weighted by molar-refractivity contribution is 9.11. The molecule has 0 radical (unpaired) electrons. The Labute approximate surface area is 134 Å². The Balaban J connectivity index is 1.81. The number of aryl methyl sites for hydroxylation is 1. The molecule has 2 aromatic heterocycles. The molecule has 0 fully saturated rings. The zero-order chi connectivity index (χ0) is 15.2. The third kappa shape index (κ3) is 4.95. The molecule has 21 heavy (non-hydrogen) atoms. The van der Waals surface area contributed by atoms with Crippen LogP contribution in [0.1, 0.15) is 28.1 Å². The Bertz CT molecular complexity index is 657. The summed E-state index contributed by atoms with van der Waals surface area (Å²) in [6.07, 6.45) is 3.31. The molecule has 1 amide bonds. The lowest BCUT2D eigenvalue weighted by molar-refractivity contribution is -0.116. The predicted octanol–water partition coefficient (Wildman–Crippen LogP) is 3.57. The SMILES string of the molecule is O=C(CCCc1ccc(Br)s1)Nc1cc(C(=O)O)ccn1. The van der Waals surface area contributed by atoms with Crippen molar-refractivity contribution in [3.63, 3.8) is 0 Å². The summed E-state index contributed by atoms with van der Waals surface area (Å²) in [6.45, 7) is 0. The molecule has 0 aromatic carbocycles. The van der Waals surface area contributed by atoms with E-state index in [-0.39, 0.29) is 17.3 Å². The van der Waals surface area contributed by atoms with E-state index in [2.05, 4.69) is 26.2 Å². The number of pyridine rings is 1. The quantitative estimate of drug-likeness (QED) is 0.816. The molecule has 2 N–H and O–H groups in total. The third-order valence-electron chi connectivity index (χ3n) is 2.73. The van der Waals surface area contributed by atoms with Gasteiger partial charge in [-0.2, -0.15) is 0 Å². The first-order valence-corrected chi connectivity index (χ1v) is 7.89. The van der Waals surface area contributed by atoms with Crippen LogP contribution in [0.25, 0.3) is 0 Å². The molecule has 2 rings (SSSR count). The summed E-state index contributed by atoms with van der Waals surface area (Å²) in [4.78, 5) is 27.8. The van der Waals surface area contributed by atoms with Crippen LogP contribution in [0.5, 0.6) is 0 Å². The lowest BCUT2D eigenvalue weighted by Gasteiger charge is -2.04.